The van der Waals surface area contributed by atoms with Gasteiger partial charge in [0.05, 0.1) is 11.0 Å². The Morgan fingerprint density at radius 1 is 1.36 bits per heavy atom. The summed E-state index contributed by atoms with van der Waals surface area (Å²) in [7, 11) is 0. The second kappa shape index (κ2) is 3.01. The van der Waals surface area contributed by atoms with Gasteiger partial charge in [-0.2, -0.15) is 0 Å². The number of nitrogens with two attached hydrogens (primary N) is 1. The number of hydrogen-bond acceptors (Lipinski definition) is 2. The molecular weight excluding hydrogens is 174 g/mol. The molecule has 0 spiro atoms. The molecule has 0 radical (unpaired) electrons. The zero-order valence-corrected chi connectivity index (χ0v) is 8.78. The minimum absolute atomic E-state index is 0.349. The van der Waals surface area contributed by atoms with Gasteiger partial charge in [-0.1, -0.05) is 6.07 Å². The Hall–Kier alpha value is -1.51. The largest absolute Gasteiger partial charge is 0.369 e. The number of hydrogen-bond donors (Lipinski definition) is 1. The first kappa shape index (κ1) is 9.06. The summed E-state index contributed by atoms with van der Waals surface area (Å²) in [5, 5.41) is 0. The molecule has 0 aliphatic rings. The van der Waals surface area contributed by atoms with Crippen LogP contribution in [0.15, 0.2) is 18.2 Å². The lowest BCUT2D eigenvalue weighted by molar-refractivity contribution is 0.627. The number of rotatable bonds is 1. The van der Waals surface area contributed by atoms with Gasteiger partial charge in [-0.15, -0.1) is 0 Å². The maximum absolute atomic E-state index is 5.86. The highest BCUT2D eigenvalue weighted by atomic mass is 15.2. The third-order valence-corrected chi connectivity index (χ3v) is 2.39. The number of fused-ring (bicyclic) bond motifs is 1. The molecule has 74 valence electrons. The van der Waals surface area contributed by atoms with Crippen LogP contribution in [0.25, 0.3) is 11.0 Å². The Balaban J connectivity index is 2.79. The molecule has 14 heavy (non-hydrogen) atoms. The number of aryl methyl sites for hydroxylation is 1. The Morgan fingerprint density at radius 3 is 2.71 bits per heavy atom. The maximum atomic E-state index is 5.86. The van der Waals surface area contributed by atoms with Gasteiger partial charge in [0.25, 0.3) is 0 Å². The van der Waals surface area contributed by atoms with E-state index < -0.39 is 0 Å². The van der Waals surface area contributed by atoms with Crippen LogP contribution in [0.1, 0.15) is 25.5 Å². The molecule has 0 amide bonds. The van der Waals surface area contributed by atoms with Crippen molar-refractivity contribution in [1.82, 2.24) is 9.55 Å². The molecule has 0 aliphatic carbocycles. The molecule has 2 aromatic rings. The lowest BCUT2D eigenvalue weighted by atomic mass is 10.2. The van der Waals surface area contributed by atoms with E-state index in [1.54, 1.807) is 0 Å². The van der Waals surface area contributed by atoms with Gasteiger partial charge in [0.15, 0.2) is 0 Å². The van der Waals surface area contributed by atoms with Gasteiger partial charge in [-0.3, -0.25) is 0 Å². The normalized spacial score (nSPS) is 11.4. The SMILES string of the molecule is Cc1ccc2nc(N)n(C(C)C)c2c1. The van der Waals surface area contributed by atoms with E-state index in [1.165, 1.54) is 5.56 Å². The molecule has 0 bridgehead atoms. The number of nitrogen functional groups attached to an aromatic ring is 1. The average molecular weight is 189 g/mol. The van der Waals surface area contributed by atoms with E-state index in [0.717, 1.165) is 11.0 Å². The van der Waals surface area contributed by atoms with Gasteiger partial charge < -0.3 is 10.3 Å². The summed E-state index contributed by atoms with van der Waals surface area (Å²) in [6.45, 7) is 6.30. The third-order valence-electron chi connectivity index (χ3n) is 2.39. The predicted octanol–water partition coefficient (Wildman–Crippen LogP) is 2.51. The second-order valence-corrected chi connectivity index (χ2v) is 3.93. The van der Waals surface area contributed by atoms with E-state index in [9.17, 15) is 0 Å². The highest BCUT2D eigenvalue weighted by molar-refractivity contribution is 5.79. The lowest BCUT2D eigenvalue weighted by Gasteiger charge is -2.10. The molecule has 0 saturated heterocycles. The van der Waals surface area contributed by atoms with Crippen LogP contribution in [-0.2, 0) is 0 Å². The van der Waals surface area contributed by atoms with E-state index >= 15 is 0 Å². The molecule has 1 heterocycles. The maximum Gasteiger partial charge on any atom is 0.201 e. The number of imidazole rings is 1. The van der Waals surface area contributed by atoms with E-state index in [0.29, 0.717) is 12.0 Å². The predicted molar refractivity (Wildman–Crippen MR) is 59.3 cm³/mol. The van der Waals surface area contributed by atoms with E-state index in [-0.39, 0.29) is 0 Å². The monoisotopic (exact) mass is 189 g/mol. The number of benzene rings is 1. The van der Waals surface area contributed by atoms with Gasteiger partial charge in [0, 0.05) is 6.04 Å². The van der Waals surface area contributed by atoms with Gasteiger partial charge in [0.2, 0.25) is 5.95 Å². The summed E-state index contributed by atoms with van der Waals surface area (Å²) in [6, 6.07) is 6.54. The lowest BCUT2D eigenvalue weighted by Crippen LogP contribution is -2.05. The van der Waals surface area contributed by atoms with Gasteiger partial charge >= 0.3 is 0 Å². The second-order valence-electron chi connectivity index (χ2n) is 3.93. The topological polar surface area (TPSA) is 43.8 Å². The summed E-state index contributed by atoms with van der Waals surface area (Å²) >= 11 is 0. The molecule has 1 aromatic heterocycles. The first-order valence-corrected chi connectivity index (χ1v) is 4.83. The molecule has 0 unspecified atom stereocenters. The van der Waals surface area contributed by atoms with Crippen molar-refractivity contribution < 1.29 is 0 Å². The van der Waals surface area contributed by atoms with Crippen LogP contribution in [0.4, 0.5) is 5.95 Å². The van der Waals surface area contributed by atoms with Crippen molar-refractivity contribution in [3.8, 4) is 0 Å². The minimum atomic E-state index is 0.349. The van der Waals surface area contributed by atoms with Crippen molar-refractivity contribution >= 4 is 17.0 Å². The fourth-order valence-electron chi connectivity index (χ4n) is 1.76. The zero-order valence-electron chi connectivity index (χ0n) is 8.78. The van der Waals surface area contributed by atoms with Crippen molar-refractivity contribution in [2.24, 2.45) is 0 Å². The average Bonchev–Trinajstić information content (AvgIpc) is 2.40. The summed E-state index contributed by atoms with van der Waals surface area (Å²) in [4.78, 5) is 4.32. The van der Waals surface area contributed by atoms with Gasteiger partial charge in [-0.25, -0.2) is 4.98 Å². The molecule has 0 saturated carbocycles. The first-order chi connectivity index (χ1) is 6.59. The molecule has 0 fully saturated rings. The van der Waals surface area contributed by atoms with Crippen molar-refractivity contribution in [3.63, 3.8) is 0 Å². The van der Waals surface area contributed by atoms with Crippen LogP contribution in [0, 0.1) is 6.92 Å². The van der Waals surface area contributed by atoms with Crippen LogP contribution >= 0.6 is 0 Å². The summed E-state index contributed by atoms with van der Waals surface area (Å²) in [5.74, 6) is 0.598. The van der Waals surface area contributed by atoms with Crippen molar-refractivity contribution in [2.45, 2.75) is 26.8 Å². The smallest absolute Gasteiger partial charge is 0.201 e. The zero-order chi connectivity index (χ0) is 10.3. The van der Waals surface area contributed by atoms with Crippen molar-refractivity contribution in [2.75, 3.05) is 5.73 Å². The molecule has 3 nitrogen and oxygen atoms in total. The first-order valence-electron chi connectivity index (χ1n) is 4.83. The minimum Gasteiger partial charge on any atom is -0.369 e. The van der Waals surface area contributed by atoms with Gasteiger partial charge in [0.1, 0.15) is 0 Å². The highest BCUT2D eigenvalue weighted by Gasteiger charge is 2.09. The third kappa shape index (κ3) is 1.25. The van der Waals surface area contributed by atoms with Crippen molar-refractivity contribution in [1.29, 1.82) is 0 Å². The Labute approximate surface area is 83.6 Å². The van der Waals surface area contributed by atoms with E-state index in [1.807, 2.05) is 6.07 Å². The van der Waals surface area contributed by atoms with Crippen LogP contribution in [0.2, 0.25) is 0 Å². The Morgan fingerprint density at radius 2 is 2.07 bits per heavy atom. The molecule has 3 heteroatoms. The van der Waals surface area contributed by atoms with Gasteiger partial charge in [-0.05, 0) is 38.5 Å². The van der Waals surface area contributed by atoms with Crippen LogP contribution in [0.3, 0.4) is 0 Å². The standard InChI is InChI=1S/C11H15N3/c1-7(2)14-10-6-8(3)4-5-9(10)13-11(14)12/h4-7H,1-3H3,(H2,12,13). The fraction of sp³-hybridized carbons (Fsp3) is 0.364. The molecule has 2 rings (SSSR count). The summed E-state index contributed by atoms with van der Waals surface area (Å²) in [6.07, 6.45) is 0. The van der Waals surface area contributed by atoms with Crippen LogP contribution < -0.4 is 5.73 Å². The molecule has 0 aliphatic heterocycles. The van der Waals surface area contributed by atoms with Crippen LogP contribution in [0.5, 0.6) is 0 Å². The molecule has 0 atom stereocenters. The quantitative estimate of drug-likeness (QED) is 0.749. The van der Waals surface area contributed by atoms with Crippen molar-refractivity contribution in [3.05, 3.63) is 23.8 Å². The van der Waals surface area contributed by atoms with Crippen LogP contribution in [-0.4, -0.2) is 9.55 Å². The highest BCUT2D eigenvalue weighted by Crippen LogP contribution is 2.23. The molecule has 1 aromatic carbocycles. The number of nitrogens with zero attached hydrogens (tertiary/aromatic N) is 2. The molecule has 2 N–H and O–H groups in total. The summed E-state index contributed by atoms with van der Waals surface area (Å²) < 4.78 is 2.06. The number of anilines is 1. The molecular formula is C11H15N3. The Kier molecular flexibility index (Phi) is 1.95. The van der Waals surface area contributed by atoms with E-state index in [4.69, 9.17) is 5.73 Å². The van der Waals surface area contributed by atoms with E-state index in [2.05, 4.69) is 42.5 Å². The number of aromatic nitrogens is 2. The fourth-order valence-corrected chi connectivity index (χ4v) is 1.76. The Bertz CT molecular complexity index is 469. The summed E-state index contributed by atoms with van der Waals surface area (Å²) in [5.41, 5.74) is 9.19.